The topological polar surface area (TPSA) is 72.2 Å². The summed E-state index contributed by atoms with van der Waals surface area (Å²) in [7, 11) is -3.50. The molecule has 0 heterocycles. The third-order valence-corrected chi connectivity index (χ3v) is 5.88. The normalized spacial score (nSPS) is 13.5. The van der Waals surface area contributed by atoms with Crippen LogP contribution in [0.15, 0.2) is 27.6 Å². The van der Waals surface area contributed by atoms with Crippen molar-refractivity contribution in [3.63, 3.8) is 0 Å². The molecule has 1 atom stereocenters. The highest BCUT2D eigenvalue weighted by Crippen LogP contribution is 2.24. The molecule has 102 valence electrons. The van der Waals surface area contributed by atoms with E-state index >= 15 is 0 Å². The van der Waals surface area contributed by atoms with Gasteiger partial charge in [0.25, 0.3) is 0 Å². The van der Waals surface area contributed by atoms with Crippen molar-refractivity contribution in [1.29, 1.82) is 0 Å². The van der Waals surface area contributed by atoms with E-state index in [-0.39, 0.29) is 10.9 Å². The van der Waals surface area contributed by atoms with E-state index in [0.717, 1.165) is 11.5 Å². The SMILES string of the molecule is CCSCC(C)NS(=O)(=O)c1ccc(N)cc1Br. The summed E-state index contributed by atoms with van der Waals surface area (Å²) in [5.74, 6) is 1.72. The molecule has 0 fully saturated rings. The monoisotopic (exact) mass is 352 g/mol. The van der Waals surface area contributed by atoms with E-state index in [9.17, 15) is 8.42 Å². The average Bonchev–Trinajstić information content (AvgIpc) is 2.25. The molecule has 0 bridgehead atoms. The van der Waals surface area contributed by atoms with E-state index in [1.54, 1.807) is 23.9 Å². The molecule has 3 N–H and O–H groups in total. The van der Waals surface area contributed by atoms with Crippen LogP contribution in [0.25, 0.3) is 0 Å². The van der Waals surface area contributed by atoms with Gasteiger partial charge in [0.1, 0.15) is 0 Å². The third kappa shape index (κ3) is 4.46. The second-order valence-electron chi connectivity index (χ2n) is 3.87. The summed E-state index contributed by atoms with van der Waals surface area (Å²) >= 11 is 4.92. The fraction of sp³-hybridized carbons (Fsp3) is 0.455. The first-order valence-electron chi connectivity index (χ1n) is 5.52. The van der Waals surface area contributed by atoms with Crippen LogP contribution in [0, 0.1) is 0 Å². The van der Waals surface area contributed by atoms with Crippen molar-refractivity contribution in [2.24, 2.45) is 0 Å². The van der Waals surface area contributed by atoms with Gasteiger partial charge in [-0.3, -0.25) is 0 Å². The summed E-state index contributed by atoms with van der Waals surface area (Å²) in [5, 5.41) is 0. The molecule has 0 aliphatic carbocycles. The highest BCUT2D eigenvalue weighted by Gasteiger charge is 2.19. The van der Waals surface area contributed by atoms with E-state index < -0.39 is 10.0 Å². The molecule has 1 aromatic rings. The number of thioether (sulfide) groups is 1. The Morgan fingerprint density at radius 3 is 2.72 bits per heavy atom. The van der Waals surface area contributed by atoms with Crippen LogP contribution in [0.3, 0.4) is 0 Å². The van der Waals surface area contributed by atoms with E-state index in [2.05, 4.69) is 20.7 Å². The number of hydrogen-bond donors (Lipinski definition) is 2. The number of rotatable bonds is 6. The fourth-order valence-electron chi connectivity index (χ4n) is 1.39. The highest BCUT2D eigenvalue weighted by molar-refractivity contribution is 9.10. The largest absolute Gasteiger partial charge is 0.399 e. The Balaban J connectivity index is 2.86. The summed E-state index contributed by atoms with van der Waals surface area (Å²) in [5.41, 5.74) is 6.11. The van der Waals surface area contributed by atoms with Gasteiger partial charge in [-0.05, 0) is 46.8 Å². The molecule has 0 radical (unpaired) electrons. The maximum Gasteiger partial charge on any atom is 0.241 e. The number of anilines is 1. The second kappa shape index (κ2) is 6.79. The zero-order chi connectivity index (χ0) is 13.8. The predicted octanol–water partition coefficient (Wildman–Crippen LogP) is 2.45. The maximum absolute atomic E-state index is 12.1. The van der Waals surface area contributed by atoms with Crippen molar-refractivity contribution < 1.29 is 8.42 Å². The van der Waals surface area contributed by atoms with Gasteiger partial charge < -0.3 is 5.73 Å². The maximum atomic E-state index is 12.1. The molecule has 0 amide bonds. The molecule has 1 rings (SSSR count). The van der Waals surface area contributed by atoms with Crippen molar-refractivity contribution in [2.75, 3.05) is 17.2 Å². The Labute approximate surface area is 121 Å². The molecule has 1 unspecified atom stereocenters. The van der Waals surface area contributed by atoms with Gasteiger partial charge in [0.2, 0.25) is 10.0 Å². The van der Waals surface area contributed by atoms with E-state index in [1.807, 2.05) is 13.8 Å². The molecule has 7 heteroatoms. The Bertz CT molecular complexity index is 506. The van der Waals surface area contributed by atoms with Gasteiger partial charge in [0, 0.05) is 22.0 Å². The van der Waals surface area contributed by atoms with Gasteiger partial charge >= 0.3 is 0 Å². The van der Waals surface area contributed by atoms with Crippen LogP contribution in [-0.4, -0.2) is 26.0 Å². The van der Waals surface area contributed by atoms with Gasteiger partial charge in [-0.1, -0.05) is 6.92 Å². The van der Waals surface area contributed by atoms with Gasteiger partial charge in [0.15, 0.2) is 0 Å². The number of nitrogens with two attached hydrogens (primary N) is 1. The number of sulfonamides is 1. The molecule has 0 saturated carbocycles. The van der Waals surface area contributed by atoms with Gasteiger partial charge in [-0.25, -0.2) is 13.1 Å². The van der Waals surface area contributed by atoms with Crippen LogP contribution in [-0.2, 0) is 10.0 Å². The molecule has 0 spiro atoms. The van der Waals surface area contributed by atoms with Crippen molar-refractivity contribution in [1.82, 2.24) is 4.72 Å². The molecule has 0 aliphatic rings. The molecular formula is C11H17BrN2O2S2. The molecule has 4 nitrogen and oxygen atoms in total. The molecule has 1 aromatic carbocycles. The standard InChI is InChI=1S/C11H17BrN2O2S2/c1-3-17-7-8(2)14-18(15,16)11-5-4-9(13)6-10(11)12/h4-6,8,14H,3,7,13H2,1-2H3. The van der Waals surface area contributed by atoms with Gasteiger partial charge in [-0.2, -0.15) is 11.8 Å². The molecule has 0 saturated heterocycles. The van der Waals surface area contributed by atoms with Crippen molar-refractivity contribution >= 4 is 43.4 Å². The lowest BCUT2D eigenvalue weighted by Gasteiger charge is -2.14. The third-order valence-electron chi connectivity index (χ3n) is 2.17. The van der Waals surface area contributed by atoms with Gasteiger partial charge in [0.05, 0.1) is 4.90 Å². The number of hydrogen-bond acceptors (Lipinski definition) is 4. The van der Waals surface area contributed by atoms with Crippen LogP contribution in [0.1, 0.15) is 13.8 Å². The molecule has 18 heavy (non-hydrogen) atoms. The minimum absolute atomic E-state index is 0.107. The second-order valence-corrected chi connectivity index (χ2v) is 7.73. The van der Waals surface area contributed by atoms with Crippen molar-refractivity contribution in [3.8, 4) is 0 Å². The zero-order valence-electron chi connectivity index (χ0n) is 10.3. The smallest absolute Gasteiger partial charge is 0.241 e. The minimum Gasteiger partial charge on any atom is -0.399 e. The first-order valence-corrected chi connectivity index (χ1v) is 8.95. The minimum atomic E-state index is -3.50. The first kappa shape index (κ1) is 15.8. The van der Waals surface area contributed by atoms with Crippen molar-refractivity contribution in [3.05, 3.63) is 22.7 Å². The Kier molecular flexibility index (Phi) is 5.97. The fourth-order valence-corrected chi connectivity index (χ4v) is 4.51. The summed E-state index contributed by atoms with van der Waals surface area (Å²) in [6, 6.07) is 4.55. The van der Waals surface area contributed by atoms with Crippen molar-refractivity contribution in [2.45, 2.75) is 24.8 Å². The van der Waals surface area contributed by atoms with E-state index in [0.29, 0.717) is 10.2 Å². The summed E-state index contributed by atoms with van der Waals surface area (Å²) in [4.78, 5) is 0.213. The number of halogens is 1. The molecular weight excluding hydrogens is 336 g/mol. The van der Waals surface area contributed by atoms with Crippen LogP contribution in [0.2, 0.25) is 0 Å². The van der Waals surface area contributed by atoms with Crippen LogP contribution in [0.4, 0.5) is 5.69 Å². The Morgan fingerprint density at radius 2 is 2.17 bits per heavy atom. The predicted molar refractivity (Wildman–Crippen MR) is 81.3 cm³/mol. The van der Waals surface area contributed by atoms with E-state index in [1.165, 1.54) is 6.07 Å². The Morgan fingerprint density at radius 1 is 1.50 bits per heavy atom. The quantitative estimate of drug-likeness (QED) is 0.771. The van der Waals surface area contributed by atoms with Crippen LogP contribution in [0.5, 0.6) is 0 Å². The highest BCUT2D eigenvalue weighted by atomic mass is 79.9. The summed E-state index contributed by atoms with van der Waals surface area (Å²) in [6.07, 6.45) is 0. The summed E-state index contributed by atoms with van der Waals surface area (Å²) in [6.45, 7) is 3.90. The van der Waals surface area contributed by atoms with Crippen LogP contribution >= 0.6 is 27.7 Å². The number of benzene rings is 1. The number of nitrogen functional groups attached to an aromatic ring is 1. The number of nitrogens with one attached hydrogen (secondary N) is 1. The lowest BCUT2D eigenvalue weighted by atomic mass is 10.3. The zero-order valence-corrected chi connectivity index (χ0v) is 13.5. The lowest BCUT2D eigenvalue weighted by Crippen LogP contribution is -2.34. The van der Waals surface area contributed by atoms with Gasteiger partial charge in [-0.15, -0.1) is 0 Å². The summed E-state index contributed by atoms with van der Waals surface area (Å²) < 4.78 is 27.4. The first-order chi connectivity index (χ1) is 8.36. The lowest BCUT2D eigenvalue weighted by molar-refractivity contribution is 0.570. The van der Waals surface area contributed by atoms with Crippen LogP contribution < -0.4 is 10.5 Å². The molecule has 0 aromatic heterocycles. The van der Waals surface area contributed by atoms with E-state index in [4.69, 9.17) is 5.73 Å². The average molecular weight is 353 g/mol. The molecule has 0 aliphatic heterocycles. The Hall–Kier alpha value is -0.240.